The summed E-state index contributed by atoms with van der Waals surface area (Å²) in [6.45, 7) is 0. The van der Waals surface area contributed by atoms with Gasteiger partial charge in [0.2, 0.25) is 0 Å². The molecule has 19 heteroatoms. The molecule has 0 saturated carbocycles. The predicted molar refractivity (Wildman–Crippen MR) is 65.6 cm³/mol. The SMILES string of the molecule is Cl.Cl.Cl.O=P(O)(O)O.O=P(O)(O)O.O=P(O)(O)O.[H-].[Na+]. The zero-order valence-corrected chi connectivity index (χ0v) is 15.9. The summed E-state index contributed by atoms with van der Waals surface area (Å²) in [4.78, 5) is 64.7. The van der Waals surface area contributed by atoms with Crippen LogP contribution in [0, 0.1) is 0 Å². The first kappa shape index (κ1) is 42.9. The molecule has 0 fully saturated rings. The normalized spacial score (nSPS) is 9.32. The Bertz CT molecular complexity index is 220. The van der Waals surface area contributed by atoms with Gasteiger partial charge in [0.1, 0.15) is 0 Å². The molecule has 0 aromatic carbocycles. The molecule has 122 valence electrons. The minimum Gasteiger partial charge on any atom is -1.00 e. The van der Waals surface area contributed by atoms with Crippen molar-refractivity contribution in [3.05, 3.63) is 0 Å². The van der Waals surface area contributed by atoms with Crippen LogP contribution in [0.15, 0.2) is 0 Å². The summed E-state index contributed by atoms with van der Waals surface area (Å²) in [6.07, 6.45) is 0. The van der Waals surface area contributed by atoms with E-state index in [9.17, 15) is 0 Å². The van der Waals surface area contributed by atoms with Crippen molar-refractivity contribution in [3.63, 3.8) is 0 Å². The molecule has 9 N–H and O–H groups in total. The van der Waals surface area contributed by atoms with Gasteiger partial charge in [0.05, 0.1) is 0 Å². The van der Waals surface area contributed by atoms with Gasteiger partial charge in [-0.25, -0.2) is 13.7 Å². The minimum absolute atomic E-state index is 0. The van der Waals surface area contributed by atoms with Gasteiger partial charge in [-0.15, -0.1) is 37.2 Å². The fourth-order valence-electron chi connectivity index (χ4n) is 0. The minimum atomic E-state index is -4.64. The predicted octanol–water partition coefficient (Wildman–Crippen LogP) is -4.40. The second kappa shape index (κ2) is 18.2. The standard InChI is InChI=1S/3ClH.Na.3H3O4P.H/c;;;;3*1-5(2,3)4;/h3*1H;;3*(H3,1,2,3,4);/q;;;+1;;;;-1. The molecule has 0 amide bonds. The van der Waals surface area contributed by atoms with Gasteiger partial charge in [-0.05, 0) is 0 Å². The van der Waals surface area contributed by atoms with Gasteiger partial charge < -0.3 is 45.5 Å². The van der Waals surface area contributed by atoms with Crippen molar-refractivity contribution >= 4 is 60.7 Å². The summed E-state index contributed by atoms with van der Waals surface area (Å²) in [5.41, 5.74) is 0. The molecule has 0 aliphatic rings. The molecule has 0 aromatic heterocycles. The van der Waals surface area contributed by atoms with Gasteiger partial charge in [-0.3, -0.25) is 0 Å². The molecule has 12 nitrogen and oxygen atoms in total. The second-order valence-corrected chi connectivity index (χ2v) is 4.62. The van der Waals surface area contributed by atoms with Crippen molar-refractivity contribution in [2.45, 2.75) is 0 Å². The summed E-state index contributed by atoms with van der Waals surface area (Å²) in [5.74, 6) is 0. The Morgan fingerprint density at radius 2 is 0.474 bits per heavy atom. The molecular weight excluding hydrogens is 414 g/mol. The largest absolute Gasteiger partial charge is 1.00 e. The molecule has 0 heterocycles. The van der Waals surface area contributed by atoms with Crippen molar-refractivity contribution in [1.29, 1.82) is 0 Å². The number of halogens is 3. The zero-order valence-electron chi connectivity index (χ0n) is 9.82. The summed E-state index contributed by atoms with van der Waals surface area (Å²) in [7, 11) is -13.9. The van der Waals surface area contributed by atoms with Crippen LogP contribution in [-0.2, 0) is 13.7 Å². The van der Waals surface area contributed by atoms with E-state index in [2.05, 4.69) is 0 Å². The number of hydrogen-bond acceptors (Lipinski definition) is 3. The third-order valence-electron chi connectivity index (χ3n) is 0. The Labute approximate surface area is 149 Å². The van der Waals surface area contributed by atoms with Crippen LogP contribution >= 0.6 is 60.7 Å². The van der Waals surface area contributed by atoms with Crippen LogP contribution in [0.25, 0.3) is 0 Å². The first-order valence-corrected chi connectivity index (χ1v) is 7.04. The monoisotopic (exact) mass is 426 g/mol. The van der Waals surface area contributed by atoms with Gasteiger partial charge >= 0.3 is 53.0 Å². The van der Waals surface area contributed by atoms with Crippen LogP contribution in [0.1, 0.15) is 1.43 Å². The van der Waals surface area contributed by atoms with Crippen molar-refractivity contribution in [2.75, 3.05) is 0 Å². The maximum Gasteiger partial charge on any atom is 1.00 e. The smallest absolute Gasteiger partial charge is 1.00 e. The summed E-state index contributed by atoms with van der Waals surface area (Å²) in [5, 5.41) is 0. The van der Waals surface area contributed by atoms with E-state index < -0.39 is 23.5 Å². The average Bonchev–Trinajstić information content (AvgIpc) is 1.41. The maximum atomic E-state index is 8.88. The molecule has 0 atom stereocenters. The Balaban J connectivity index is -0.0000000160. The van der Waals surface area contributed by atoms with Crippen LogP contribution in [0.4, 0.5) is 0 Å². The molecule has 0 aromatic rings. The van der Waals surface area contributed by atoms with Crippen LogP contribution in [0.5, 0.6) is 0 Å². The van der Waals surface area contributed by atoms with Crippen LogP contribution in [0.2, 0.25) is 0 Å². The Morgan fingerprint density at radius 3 is 0.474 bits per heavy atom. The van der Waals surface area contributed by atoms with Gasteiger partial charge in [0, 0.05) is 0 Å². The molecule has 0 aliphatic carbocycles. The van der Waals surface area contributed by atoms with E-state index in [0.29, 0.717) is 0 Å². The Morgan fingerprint density at radius 1 is 0.474 bits per heavy atom. The van der Waals surface area contributed by atoms with Gasteiger partial charge in [0.25, 0.3) is 0 Å². The van der Waals surface area contributed by atoms with Crippen molar-refractivity contribution in [3.8, 4) is 0 Å². The topological polar surface area (TPSA) is 233 Å². The molecule has 0 radical (unpaired) electrons. The molecular formula is H13Cl3NaO12P3. The summed E-state index contributed by atoms with van der Waals surface area (Å²) < 4.78 is 26.6. The third-order valence-corrected chi connectivity index (χ3v) is 0. The molecule has 0 aliphatic heterocycles. The van der Waals surface area contributed by atoms with Crippen LogP contribution in [-0.4, -0.2) is 44.0 Å². The zero-order chi connectivity index (χ0) is 13.5. The van der Waals surface area contributed by atoms with Crippen molar-refractivity contribution in [1.82, 2.24) is 0 Å². The number of rotatable bonds is 0. The van der Waals surface area contributed by atoms with E-state index in [4.69, 9.17) is 57.7 Å². The van der Waals surface area contributed by atoms with E-state index in [1.165, 1.54) is 0 Å². The molecule has 0 bridgehead atoms. The molecule has 19 heavy (non-hydrogen) atoms. The number of hydrogen-bond donors (Lipinski definition) is 9. The van der Waals surface area contributed by atoms with E-state index in [0.717, 1.165) is 0 Å². The summed E-state index contributed by atoms with van der Waals surface area (Å²) >= 11 is 0. The van der Waals surface area contributed by atoms with Gasteiger partial charge in [0.15, 0.2) is 0 Å². The van der Waals surface area contributed by atoms with Gasteiger partial charge in [-0.1, -0.05) is 0 Å². The number of phosphoric acid groups is 3. The third kappa shape index (κ3) is 1380. The fraction of sp³-hybridized carbons (Fsp3) is 0. The molecule has 0 saturated heterocycles. The van der Waals surface area contributed by atoms with E-state index >= 15 is 0 Å². The Hall–Kier alpha value is 2.20. The van der Waals surface area contributed by atoms with Crippen LogP contribution < -0.4 is 29.6 Å². The Kier molecular flexibility index (Phi) is 41.2. The first-order chi connectivity index (χ1) is 6.00. The van der Waals surface area contributed by atoms with Crippen molar-refractivity contribution < 1.29 is 88.7 Å². The summed E-state index contributed by atoms with van der Waals surface area (Å²) in [6, 6.07) is 0. The van der Waals surface area contributed by atoms with E-state index in [1.807, 2.05) is 0 Å². The fourth-order valence-corrected chi connectivity index (χ4v) is 0. The second-order valence-electron chi connectivity index (χ2n) is 1.54. The van der Waals surface area contributed by atoms with E-state index in [1.54, 1.807) is 0 Å². The molecule has 0 rings (SSSR count). The average molecular weight is 427 g/mol. The van der Waals surface area contributed by atoms with Crippen LogP contribution in [0.3, 0.4) is 0 Å². The van der Waals surface area contributed by atoms with Gasteiger partial charge in [-0.2, -0.15) is 0 Å². The maximum absolute atomic E-state index is 8.88. The first-order valence-electron chi connectivity index (χ1n) is 2.35. The molecule has 0 unspecified atom stereocenters. The molecule has 0 spiro atoms. The van der Waals surface area contributed by atoms with Crippen molar-refractivity contribution in [2.24, 2.45) is 0 Å². The quantitative estimate of drug-likeness (QED) is 0.132. The van der Waals surface area contributed by atoms with E-state index in [-0.39, 0.29) is 68.2 Å².